The van der Waals surface area contributed by atoms with E-state index in [9.17, 15) is 14.4 Å². The van der Waals surface area contributed by atoms with Gasteiger partial charge in [-0.25, -0.2) is 0 Å². The zero-order chi connectivity index (χ0) is 50.7. The zero-order valence-electron chi connectivity index (χ0n) is 46.0. The Morgan fingerprint density at radius 3 is 0.929 bits per heavy atom. The molecule has 0 saturated heterocycles. The van der Waals surface area contributed by atoms with E-state index in [0.29, 0.717) is 19.3 Å². The van der Waals surface area contributed by atoms with Crippen LogP contribution in [0.2, 0.25) is 0 Å². The van der Waals surface area contributed by atoms with Gasteiger partial charge in [-0.15, -0.1) is 0 Å². The molecule has 6 heteroatoms. The van der Waals surface area contributed by atoms with Gasteiger partial charge in [-0.05, 0) is 83.5 Å². The fourth-order valence-electron chi connectivity index (χ4n) is 8.23. The molecule has 0 aliphatic rings. The molecule has 402 valence electrons. The summed E-state index contributed by atoms with van der Waals surface area (Å²) in [6.07, 6.45) is 75.9. The van der Waals surface area contributed by atoms with E-state index in [0.717, 1.165) is 77.0 Å². The Kier molecular flexibility index (Phi) is 55.3. The Morgan fingerprint density at radius 2 is 0.586 bits per heavy atom. The molecule has 0 radical (unpaired) electrons. The van der Waals surface area contributed by atoms with Gasteiger partial charge in [0.05, 0.1) is 0 Å². The highest BCUT2D eigenvalue weighted by molar-refractivity contribution is 5.71. The zero-order valence-corrected chi connectivity index (χ0v) is 46.0. The lowest BCUT2D eigenvalue weighted by molar-refractivity contribution is -0.166. The molecule has 0 rings (SSSR count). The second-order valence-electron chi connectivity index (χ2n) is 19.5. The number of hydrogen-bond acceptors (Lipinski definition) is 6. The molecule has 0 fully saturated rings. The maximum atomic E-state index is 12.8. The summed E-state index contributed by atoms with van der Waals surface area (Å²) in [5, 5.41) is 0. The standard InChI is InChI=1S/C64H110O6/c1-4-7-10-13-16-19-22-25-27-29-31-32-34-35-37-39-42-45-48-51-54-57-63(66)69-60-61(59-68-62(65)56-53-50-47-44-41-24-21-18-15-12-9-6-3)70-64(67)58-55-52-49-46-43-40-38-36-33-30-28-26-23-20-17-14-11-8-5-2/h8,11,17,20,26,28-29,31,33,36,40,43,49,52,61H,4-7,9-10,12-16,18-19,21-25,27,30,32,34-35,37-39,41-42,44-48,50-51,53-60H2,1-3H3/b11-8-,20-17-,28-26-,31-29-,36-33-,43-40-,52-49-. The van der Waals surface area contributed by atoms with Crippen molar-refractivity contribution >= 4 is 17.9 Å². The van der Waals surface area contributed by atoms with Gasteiger partial charge in [0.15, 0.2) is 6.10 Å². The molecule has 0 saturated carbocycles. The van der Waals surface area contributed by atoms with Crippen molar-refractivity contribution < 1.29 is 28.6 Å². The van der Waals surface area contributed by atoms with Crippen LogP contribution in [0.4, 0.5) is 0 Å². The summed E-state index contributed by atoms with van der Waals surface area (Å²) in [7, 11) is 0. The van der Waals surface area contributed by atoms with Crippen LogP contribution in [-0.2, 0) is 28.6 Å². The van der Waals surface area contributed by atoms with Gasteiger partial charge in [0.1, 0.15) is 13.2 Å². The summed E-state index contributed by atoms with van der Waals surface area (Å²) in [5.41, 5.74) is 0. The Morgan fingerprint density at radius 1 is 0.300 bits per heavy atom. The largest absolute Gasteiger partial charge is 0.462 e. The molecule has 0 aliphatic carbocycles. The van der Waals surface area contributed by atoms with Crippen LogP contribution in [0.5, 0.6) is 0 Å². The van der Waals surface area contributed by atoms with Crippen molar-refractivity contribution in [2.75, 3.05) is 13.2 Å². The first-order valence-electron chi connectivity index (χ1n) is 29.6. The van der Waals surface area contributed by atoms with Crippen molar-refractivity contribution in [3.63, 3.8) is 0 Å². The minimum atomic E-state index is -0.816. The Bertz CT molecular complexity index is 1350. The van der Waals surface area contributed by atoms with Gasteiger partial charge >= 0.3 is 17.9 Å². The molecule has 70 heavy (non-hydrogen) atoms. The summed E-state index contributed by atoms with van der Waals surface area (Å²) in [6.45, 7) is 6.48. The van der Waals surface area contributed by atoms with Crippen molar-refractivity contribution in [3.05, 3.63) is 85.1 Å². The van der Waals surface area contributed by atoms with E-state index in [1.54, 1.807) is 0 Å². The van der Waals surface area contributed by atoms with Crippen molar-refractivity contribution in [3.8, 4) is 0 Å². The molecule has 0 bridgehead atoms. The number of hydrogen-bond donors (Lipinski definition) is 0. The molecule has 0 aromatic rings. The number of allylic oxidation sites excluding steroid dienone is 14. The Hall–Kier alpha value is -3.41. The summed E-state index contributed by atoms with van der Waals surface area (Å²) in [5.74, 6) is -0.985. The molecule has 0 amide bonds. The van der Waals surface area contributed by atoms with Crippen LogP contribution in [0.15, 0.2) is 85.1 Å². The van der Waals surface area contributed by atoms with Crippen molar-refractivity contribution in [2.24, 2.45) is 0 Å². The van der Waals surface area contributed by atoms with E-state index < -0.39 is 12.1 Å². The van der Waals surface area contributed by atoms with E-state index in [2.05, 4.69) is 99.8 Å². The van der Waals surface area contributed by atoms with Crippen LogP contribution in [0, 0.1) is 0 Å². The minimum absolute atomic E-state index is 0.105. The first-order chi connectivity index (χ1) is 34.5. The summed E-state index contributed by atoms with van der Waals surface area (Å²) < 4.78 is 16.8. The van der Waals surface area contributed by atoms with Gasteiger partial charge in [0.2, 0.25) is 0 Å². The van der Waals surface area contributed by atoms with E-state index in [1.165, 1.54) is 161 Å². The quantitative estimate of drug-likeness (QED) is 0.0261. The fraction of sp³-hybridized carbons (Fsp3) is 0.734. The van der Waals surface area contributed by atoms with Crippen LogP contribution in [0.3, 0.4) is 0 Å². The number of esters is 3. The second-order valence-corrected chi connectivity index (χ2v) is 19.5. The fourth-order valence-corrected chi connectivity index (χ4v) is 8.23. The molecule has 0 spiro atoms. The third-order valence-electron chi connectivity index (χ3n) is 12.6. The molecule has 0 heterocycles. The molecule has 6 nitrogen and oxygen atoms in total. The highest BCUT2D eigenvalue weighted by Crippen LogP contribution is 2.15. The lowest BCUT2D eigenvalue weighted by Gasteiger charge is -2.18. The van der Waals surface area contributed by atoms with Crippen molar-refractivity contribution in [1.29, 1.82) is 0 Å². The van der Waals surface area contributed by atoms with Crippen molar-refractivity contribution in [1.82, 2.24) is 0 Å². The van der Waals surface area contributed by atoms with Crippen molar-refractivity contribution in [2.45, 2.75) is 290 Å². The smallest absolute Gasteiger partial charge is 0.306 e. The maximum absolute atomic E-state index is 12.8. The topological polar surface area (TPSA) is 78.9 Å². The number of ether oxygens (including phenoxy) is 3. The lowest BCUT2D eigenvalue weighted by atomic mass is 10.0. The maximum Gasteiger partial charge on any atom is 0.306 e. The molecular formula is C64H110O6. The first kappa shape index (κ1) is 66.6. The normalized spacial score (nSPS) is 12.7. The molecule has 0 aromatic carbocycles. The summed E-state index contributed by atoms with van der Waals surface area (Å²) in [4.78, 5) is 38.1. The van der Waals surface area contributed by atoms with E-state index in [1.807, 2.05) is 6.08 Å². The van der Waals surface area contributed by atoms with Crippen LogP contribution in [0.25, 0.3) is 0 Å². The van der Waals surface area contributed by atoms with E-state index in [-0.39, 0.29) is 31.6 Å². The van der Waals surface area contributed by atoms with Gasteiger partial charge < -0.3 is 14.2 Å². The van der Waals surface area contributed by atoms with Crippen LogP contribution >= 0.6 is 0 Å². The average molecular weight is 976 g/mol. The van der Waals surface area contributed by atoms with E-state index >= 15 is 0 Å². The lowest BCUT2D eigenvalue weighted by Crippen LogP contribution is -2.30. The predicted octanol–water partition coefficient (Wildman–Crippen LogP) is 19.9. The molecule has 1 atom stereocenters. The number of unbranched alkanes of at least 4 members (excludes halogenated alkanes) is 28. The van der Waals surface area contributed by atoms with Crippen LogP contribution in [-0.4, -0.2) is 37.2 Å². The number of carbonyl (C=O) groups excluding carboxylic acids is 3. The number of carbonyl (C=O) groups is 3. The minimum Gasteiger partial charge on any atom is -0.462 e. The number of rotatable bonds is 53. The third kappa shape index (κ3) is 55.5. The third-order valence-corrected chi connectivity index (χ3v) is 12.6. The SMILES string of the molecule is CC/C=C\C/C=C\C/C=C\C/C=C\C/C=C\C/C=C\CCC(=O)OC(COC(=O)CCCCCCCCCCC/C=C\CCCCCCCCCC)COC(=O)CCCCCCCCCCCCCC. The van der Waals surface area contributed by atoms with Gasteiger partial charge in [0, 0.05) is 19.3 Å². The van der Waals surface area contributed by atoms with Gasteiger partial charge in [0.25, 0.3) is 0 Å². The monoisotopic (exact) mass is 975 g/mol. The molecular weight excluding hydrogens is 865 g/mol. The average Bonchev–Trinajstić information content (AvgIpc) is 3.36. The molecule has 1 unspecified atom stereocenters. The van der Waals surface area contributed by atoms with Crippen LogP contribution in [0.1, 0.15) is 284 Å². The van der Waals surface area contributed by atoms with Crippen LogP contribution < -0.4 is 0 Å². The molecule has 0 aromatic heterocycles. The Labute approximate surface area is 433 Å². The van der Waals surface area contributed by atoms with E-state index in [4.69, 9.17) is 14.2 Å². The Balaban J connectivity index is 4.43. The summed E-state index contributed by atoms with van der Waals surface area (Å²) in [6, 6.07) is 0. The highest BCUT2D eigenvalue weighted by atomic mass is 16.6. The second kappa shape index (κ2) is 58.2. The van der Waals surface area contributed by atoms with Gasteiger partial charge in [-0.3, -0.25) is 14.4 Å². The predicted molar refractivity (Wildman–Crippen MR) is 302 cm³/mol. The van der Waals surface area contributed by atoms with Gasteiger partial charge in [-0.1, -0.05) is 266 Å². The van der Waals surface area contributed by atoms with Gasteiger partial charge in [-0.2, -0.15) is 0 Å². The molecule has 0 N–H and O–H groups in total. The molecule has 0 aliphatic heterocycles. The first-order valence-corrected chi connectivity index (χ1v) is 29.6. The summed E-state index contributed by atoms with van der Waals surface area (Å²) >= 11 is 0. The highest BCUT2D eigenvalue weighted by Gasteiger charge is 2.19.